The van der Waals surface area contributed by atoms with Gasteiger partial charge in [0.15, 0.2) is 5.78 Å². The van der Waals surface area contributed by atoms with E-state index in [2.05, 4.69) is 6.08 Å². The summed E-state index contributed by atoms with van der Waals surface area (Å²) >= 11 is 0. The van der Waals surface area contributed by atoms with Gasteiger partial charge in [0.1, 0.15) is 0 Å². The van der Waals surface area contributed by atoms with E-state index in [1.807, 2.05) is 12.2 Å². The van der Waals surface area contributed by atoms with Crippen LogP contribution in [0, 0.1) is 5.92 Å². The molecule has 2 rings (SSSR count). The molecule has 82 valence electrons. The Morgan fingerprint density at radius 3 is 2.80 bits per heavy atom. The average Bonchev–Trinajstić information content (AvgIpc) is 2.30. The van der Waals surface area contributed by atoms with Crippen molar-refractivity contribution in [2.45, 2.75) is 25.0 Å². The van der Waals surface area contributed by atoms with Crippen LogP contribution in [0.4, 0.5) is 0 Å². The summed E-state index contributed by atoms with van der Waals surface area (Å²) in [5.74, 6) is -0.689. The maximum Gasteiger partial charge on any atom is 0.252 e. The van der Waals surface area contributed by atoms with Crippen molar-refractivity contribution >= 4 is 5.78 Å². The van der Waals surface area contributed by atoms with Gasteiger partial charge in [-0.1, -0.05) is 18.2 Å². The average molecular weight is 208 g/mol. The first-order chi connectivity index (χ1) is 7.24. The van der Waals surface area contributed by atoms with Crippen LogP contribution in [0.3, 0.4) is 0 Å². The smallest absolute Gasteiger partial charge is 0.252 e. The van der Waals surface area contributed by atoms with E-state index in [1.54, 1.807) is 0 Å². The molecule has 0 saturated heterocycles. The molecular weight excluding hydrogens is 192 g/mol. The molecule has 3 heteroatoms. The first-order valence-electron chi connectivity index (χ1n) is 5.25. The highest BCUT2D eigenvalue weighted by Gasteiger charge is 2.48. The molecule has 0 aliphatic heterocycles. The second-order valence-corrected chi connectivity index (χ2v) is 3.97. The number of methoxy groups -OCH3 is 2. The summed E-state index contributed by atoms with van der Waals surface area (Å²) in [7, 11) is 3.06. The molecule has 0 spiro atoms. The largest absolute Gasteiger partial charge is 0.344 e. The minimum Gasteiger partial charge on any atom is -0.344 e. The van der Waals surface area contributed by atoms with Crippen molar-refractivity contribution in [3.8, 4) is 0 Å². The van der Waals surface area contributed by atoms with Gasteiger partial charge in [-0.15, -0.1) is 0 Å². The molecule has 1 fully saturated rings. The van der Waals surface area contributed by atoms with Crippen molar-refractivity contribution in [3.63, 3.8) is 0 Å². The quantitative estimate of drug-likeness (QED) is 0.649. The highest BCUT2D eigenvalue weighted by molar-refractivity contribution is 5.90. The molecule has 1 unspecified atom stereocenters. The fourth-order valence-corrected chi connectivity index (χ4v) is 2.51. The Hall–Kier alpha value is -0.930. The van der Waals surface area contributed by atoms with E-state index in [0.29, 0.717) is 12.3 Å². The van der Waals surface area contributed by atoms with Gasteiger partial charge in [0.25, 0.3) is 5.79 Å². The summed E-state index contributed by atoms with van der Waals surface area (Å²) in [6.45, 7) is 0. The summed E-state index contributed by atoms with van der Waals surface area (Å²) in [4.78, 5) is 11.9. The molecule has 3 nitrogen and oxygen atoms in total. The predicted octanol–water partition coefficient (Wildman–Crippen LogP) is 1.84. The summed E-state index contributed by atoms with van der Waals surface area (Å²) < 4.78 is 10.7. The molecule has 1 saturated carbocycles. The first kappa shape index (κ1) is 10.6. The predicted molar refractivity (Wildman–Crippen MR) is 56.3 cm³/mol. The Bertz CT molecular complexity index is 324. The Balaban J connectivity index is 2.42. The van der Waals surface area contributed by atoms with Gasteiger partial charge in [0, 0.05) is 20.6 Å². The molecule has 1 atom stereocenters. The van der Waals surface area contributed by atoms with E-state index in [4.69, 9.17) is 9.47 Å². The number of fused-ring (bicyclic) bond motifs is 1. The SMILES string of the molecule is COC1(OC)C(=O)CCC2CC=CC=C21. The van der Waals surface area contributed by atoms with Gasteiger partial charge in [-0.2, -0.15) is 0 Å². The third-order valence-corrected chi connectivity index (χ3v) is 3.31. The third-order valence-electron chi connectivity index (χ3n) is 3.31. The van der Waals surface area contributed by atoms with Crippen molar-refractivity contribution < 1.29 is 14.3 Å². The Labute approximate surface area is 89.8 Å². The lowest BCUT2D eigenvalue weighted by Gasteiger charge is -2.40. The molecule has 0 amide bonds. The zero-order valence-electron chi connectivity index (χ0n) is 9.16. The number of ether oxygens (including phenoxy) is 2. The van der Waals surface area contributed by atoms with Gasteiger partial charge in [0.2, 0.25) is 0 Å². The molecular formula is C12H16O3. The topological polar surface area (TPSA) is 35.5 Å². The van der Waals surface area contributed by atoms with Crippen LogP contribution in [-0.2, 0) is 14.3 Å². The second-order valence-electron chi connectivity index (χ2n) is 3.97. The summed E-state index contributed by atoms with van der Waals surface area (Å²) in [6, 6.07) is 0. The number of allylic oxidation sites excluding steroid dienone is 3. The van der Waals surface area contributed by atoms with Crippen molar-refractivity contribution in [3.05, 3.63) is 23.8 Å². The molecule has 0 aromatic carbocycles. The number of Topliss-reactive ketones (excluding diaryl/α,β-unsaturated/α-hetero) is 1. The van der Waals surface area contributed by atoms with Crippen LogP contribution in [-0.4, -0.2) is 25.8 Å². The van der Waals surface area contributed by atoms with Crippen LogP contribution in [0.1, 0.15) is 19.3 Å². The highest BCUT2D eigenvalue weighted by Crippen LogP contribution is 2.41. The second kappa shape index (κ2) is 3.91. The van der Waals surface area contributed by atoms with E-state index >= 15 is 0 Å². The van der Waals surface area contributed by atoms with Gasteiger partial charge >= 0.3 is 0 Å². The summed E-state index contributed by atoms with van der Waals surface area (Å²) in [6.07, 6.45) is 8.48. The number of carbonyl (C=O) groups excluding carboxylic acids is 1. The zero-order valence-corrected chi connectivity index (χ0v) is 9.16. The maximum atomic E-state index is 11.9. The van der Waals surface area contributed by atoms with Gasteiger partial charge in [-0.25, -0.2) is 0 Å². The minimum absolute atomic E-state index is 0.0327. The van der Waals surface area contributed by atoms with Gasteiger partial charge in [-0.3, -0.25) is 4.79 Å². The Kier molecular flexibility index (Phi) is 2.76. The Morgan fingerprint density at radius 1 is 1.40 bits per heavy atom. The molecule has 0 bridgehead atoms. The monoisotopic (exact) mass is 208 g/mol. The minimum atomic E-state index is -1.12. The molecule has 0 N–H and O–H groups in total. The zero-order chi connectivity index (χ0) is 10.9. The number of hydrogen-bond acceptors (Lipinski definition) is 3. The van der Waals surface area contributed by atoms with E-state index in [0.717, 1.165) is 18.4 Å². The normalized spacial score (nSPS) is 28.5. The Morgan fingerprint density at radius 2 is 2.13 bits per heavy atom. The molecule has 15 heavy (non-hydrogen) atoms. The highest BCUT2D eigenvalue weighted by atomic mass is 16.7. The van der Waals surface area contributed by atoms with Gasteiger partial charge in [0.05, 0.1) is 0 Å². The van der Waals surface area contributed by atoms with E-state index in [9.17, 15) is 4.79 Å². The van der Waals surface area contributed by atoms with Crippen LogP contribution < -0.4 is 0 Å². The molecule has 0 heterocycles. The van der Waals surface area contributed by atoms with E-state index < -0.39 is 5.79 Å². The van der Waals surface area contributed by atoms with Crippen LogP contribution in [0.2, 0.25) is 0 Å². The summed E-state index contributed by atoms with van der Waals surface area (Å²) in [5.41, 5.74) is 0.978. The molecule has 2 aliphatic carbocycles. The number of carbonyl (C=O) groups is 1. The molecule has 0 aromatic heterocycles. The van der Waals surface area contributed by atoms with Gasteiger partial charge in [-0.05, 0) is 24.3 Å². The molecule has 0 radical (unpaired) electrons. The third kappa shape index (κ3) is 1.46. The number of ketones is 1. The lowest BCUT2D eigenvalue weighted by Crippen LogP contribution is -2.50. The standard InChI is InChI=1S/C12H16O3/c1-14-12(15-2)10-6-4-3-5-9(10)7-8-11(12)13/h3-4,6,9H,5,7-8H2,1-2H3. The van der Waals surface area contributed by atoms with Crippen molar-refractivity contribution in [1.82, 2.24) is 0 Å². The number of rotatable bonds is 2. The van der Waals surface area contributed by atoms with Crippen LogP contribution >= 0.6 is 0 Å². The first-order valence-corrected chi connectivity index (χ1v) is 5.25. The lowest BCUT2D eigenvalue weighted by atomic mass is 9.75. The fourth-order valence-electron chi connectivity index (χ4n) is 2.51. The number of hydrogen-bond donors (Lipinski definition) is 0. The molecule has 2 aliphatic rings. The fraction of sp³-hybridized carbons (Fsp3) is 0.583. The lowest BCUT2D eigenvalue weighted by molar-refractivity contribution is -0.197. The maximum absolute atomic E-state index is 11.9. The molecule has 0 aromatic rings. The van der Waals surface area contributed by atoms with Crippen LogP contribution in [0.15, 0.2) is 23.8 Å². The van der Waals surface area contributed by atoms with Crippen LogP contribution in [0.5, 0.6) is 0 Å². The van der Waals surface area contributed by atoms with Crippen molar-refractivity contribution in [2.75, 3.05) is 14.2 Å². The van der Waals surface area contributed by atoms with Crippen LogP contribution in [0.25, 0.3) is 0 Å². The van der Waals surface area contributed by atoms with E-state index in [-0.39, 0.29) is 5.78 Å². The van der Waals surface area contributed by atoms with Gasteiger partial charge < -0.3 is 9.47 Å². The van der Waals surface area contributed by atoms with Crippen molar-refractivity contribution in [2.24, 2.45) is 5.92 Å². The van der Waals surface area contributed by atoms with Crippen molar-refractivity contribution in [1.29, 1.82) is 0 Å². The summed E-state index contributed by atoms with van der Waals surface area (Å²) in [5, 5.41) is 0. The van der Waals surface area contributed by atoms with E-state index in [1.165, 1.54) is 14.2 Å².